The Labute approximate surface area is 171 Å². The fourth-order valence-electron chi connectivity index (χ4n) is 4.83. The van der Waals surface area contributed by atoms with Crippen LogP contribution in [0.5, 0.6) is 11.5 Å². The number of hydrogen-bond acceptors (Lipinski definition) is 7. The van der Waals surface area contributed by atoms with Crippen LogP contribution in [-0.4, -0.2) is 42.0 Å². The standard InChI is InChI=1S/C21H19N3O6/c1-11-6-16(23-30-11)24-9-21-5-4-14(29-21)17(18(21)20(24)26)19(25)22-8-12-2-3-13-15(7-12)28-10-27-13/h2-7,14,17-18H,8-10H2,1H3,(H,22,25)/t14-,17?,18?,21+/m1/s1. The minimum atomic E-state index is -0.796. The molecule has 4 atom stereocenters. The van der Waals surface area contributed by atoms with Gasteiger partial charge in [0.1, 0.15) is 11.4 Å². The fourth-order valence-corrected chi connectivity index (χ4v) is 4.83. The Morgan fingerprint density at radius 1 is 1.30 bits per heavy atom. The molecular formula is C21H19N3O6. The first kappa shape index (κ1) is 17.5. The van der Waals surface area contributed by atoms with E-state index in [1.54, 1.807) is 17.9 Å². The summed E-state index contributed by atoms with van der Waals surface area (Å²) in [6, 6.07) is 7.25. The van der Waals surface area contributed by atoms with Crippen LogP contribution in [0, 0.1) is 18.8 Å². The highest BCUT2D eigenvalue weighted by Gasteiger charge is 2.67. The monoisotopic (exact) mass is 409 g/mol. The molecule has 4 aliphatic rings. The van der Waals surface area contributed by atoms with E-state index in [0.717, 1.165) is 5.56 Å². The van der Waals surface area contributed by atoms with E-state index in [0.29, 0.717) is 36.2 Å². The van der Waals surface area contributed by atoms with E-state index in [1.807, 2.05) is 30.4 Å². The molecular weight excluding hydrogens is 390 g/mol. The van der Waals surface area contributed by atoms with Crippen LogP contribution in [-0.2, 0) is 20.9 Å². The summed E-state index contributed by atoms with van der Waals surface area (Å²) in [5, 5.41) is 6.91. The summed E-state index contributed by atoms with van der Waals surface area (Å²) in [4.78, 5) is 27.9. The number of hydrogen-bond donors (Lipinski definition) is 1. The number of amides is 2. The van der Waals surface area contributed by atoms with Crippen molar-refractivity contribution in [3.8, 4) is 11.5 Å². The predicted octanol–water partition coefficient (Wildman–Crippen LogP) is 1.31. The summed E-state index contributed by atoms with van der Waals surface area (Å²) in [6.45, 7) is 2.61. The number of fused-ring (bicyclic) bond motifs is 2. The van der Waals surface area contributed by atoms with Crippen LogP contribution in [0.1, 0.15) is 11.3 Å². The van der Waals surface area contributed by atoms with Crippen molar-refractivity contribution in [2.24, 2.45) is 11.8 Å². The third kappa shape index (κ3) is 2.41. The lowest BCUT2D eigenvalue weighted by molar-refractivity contribution is -0.132. The molecule has 0 radical (unpaired) electrons. The van der Waals surface area contributed by atoms with Gasteiger partial charge in [-0.2, -0.15) is 0 Å². The van der Waals surface area contributed by atoms with Gasteiger partial charge in [0.15, 0.2) is 17.3 Å². The molecule has 0 saturated carbocycles. The van der Waals surface area contributed by atoms with Crippen molar-refractivity contribution in [2.45, 2.75) is 25.2 Å². The maximum absolute atomic E-state index is 13.2. The molecule has 154 valence electrons. The number of carbonyl (C=O) groups excluding carboxylic acids is 2. The number of anilines is 1. The van der Waals surface area contributed by atoms with Gasteiger partial charge in [-0.25, -0.2) is 0 Å². The van der Waals surface area contributed by atoms with E-state index >= 15 is 0 Å². The van der Waals surface area contributed by atoms with Crippen molar-refractivity contribution in [3.63, 3.8) is 0 Å². The Hall–Kier alpha value is -3.33. The lowest BCUT2D eigenvalue weighted by Crippen LogP contribution is -2.44. The Kier molecular flexibility index (Phi) is 3.55. The topological polar surface area (TPSA) is 103 Å². The van der Waals surface area contributed by atoms with Gasteiger partial charge in [0.2, 0.25) is 18.6 Å². The zero-order valence-corrected chi connectivity index (χ0v) is 16.2. The molecule has 2 amide bonds. The van der Waals surface area contributed by atoms with Crippen LogP contribution < -0.4 is 19.7 Å². The Balaban J connectivity index is 1.21. The zero-order valence-electron chi connectivity index (χ0n) is 16.2. The second kappa shape index (κ2) is 6.09. The average Bonchev–Trinajstić information content (AvgIpc) is 3.53. The van der Waals surface area contributed by atoms with Crippen molar-refractivity contribution in [1.82, 2.24) is 10.5 Å². The molecule has 2 fully saturated rings. The van der Waals surface area contributed by atoms with Gasteiger partial charge in [0, 0.05) is 12.6 Å². The average molecular weight is 409 g/mol. The van der Waals surface area contributed by atoms with Gasteiger partial charge in [0.25, 0.3) is 0 Å². The molecule has 6 rings (SSSR count). The molecule has 2 aromatic rings. The van der Waals surface area contributed by atoms with Gasteiger partial charge < -0.3 is 24.1 Å². The quantitative estimate of drug-likeness (QED) is 0.760. The van der Waals surface area contributed by atoms with E-state index in [9.17, 15) is 9.59 Å². The zero-order chi connectivity index (χ0) is 20.5. The fraction of sp³-hybridized carbons (Fsp3) is 0.381. The number of aryl methyl sites for hydroxylation is 1. The Morgan fingerprint density at radius 2 is 2.17 bits per heavy atom. The van der Waals surface area contributed by atoms with Crippen molar-refractivity contribution in [3.05, 3.63) is 47.7 Å². The smallest absolute Gasteiger partial charge is 0.235 e. The third-order valence-corrected chi connectivity index (χ3v) is 6.20. The molecule has 5 heterocycles. The first-order valence-corrected chi connectivity index (χ1v) is 9.82. The highest BCUT2D eigenvalue weighted by molar-refractivity contribution is 6.02. The second-order valence-corrected chi connectivity index (χ2v) is 8.03. The molecule has 9 heteroatoms. The van der Waals surface area contributed by atoms with Gasteiger partial charge in [0.05, 0.1) is 24.5 Å². The first-order chi connectivity index (χ1) is 14.5. The van der Waals surface area contributed by atoms with Crippen molar-refractivity contribution >= 4 is 17.6 Å². The maximum atomic E-state index is 13.2. The second-order valence-electron chi connectivity index (χ2n) is 8.03. The molecule has 1 spiro atoms. The number of rotatable bonds is 4. The number of nitrogens with one attached hydrogen (secondary N) is 1. The molecule has 30 heavy (non-hydrogen) atoms. The van der Waals surface area contributed by atoms with Gasteiger partial charge in [-0.05, 0) is 24.6 Å². The molecule has 1 aromatic carbocycles. The molecule has 9 nitrogen and oxygen atoms in total. The summed E-state index contributed by atoms with van der Waals surface area (Å²) in [5.74, 6) is 0.872. The van der Waals surface area contributed by atoms with Crippen LogP contribution >= 0.6 is 0 Å². The van der Waals surface area contributed by atoms with Gasteiger partial charge in [-0.1, -0.05) is 23.4 Å². The van der Waals surface area contributed by atoms with Crippen LogP contribution in [0.3, 0.4) is 0 Å². The molecule has 4 aliphatic heterocycles. The highest BCUT2D eigenvalue weighted by Crippen LogP contribution is 2.52. The Morgan fingerprint density at radius 3 is 3.00 bits per heavy atom. The molecule has 1 N–H and O–H groups in total. The van der Waals surface area contributed by atoms with E-state index in [2.05, 4.69) is 10.5 Å². The van der Waals surface area contributed by atoms with Gasteiger partial charge >= 0.3 is 0 Å². The minimum Gasteiger partial charge on any atom is -0.454 e. The summed E-state index contributed by atoms with van der Waals surface area (Å²) >= 11 is 0. The van der Waals surface area contributed by atoms with Crippen LogP contribution in [0.15, 0.2) is 40.9 Å². The SMILES string of the molecule is Cc1cc(N2C[C@]34C=C[C@@H](O3)C(C(=O)NCc3ccc5c(c3)OCO5)C4C2=O)no1. The first-order valence-electron chi connectivity index (χ1n) is 9.82. The Bertz CT molecular complexity index is 1090. The summed E-state index contributed by atoms with van der Waals surface area (Å²) in [6.07, 6.45) is 3.39. The third-order valence-electron chi connectivity index (χ3n) is 6.20. The molecule has 0 aliphatic carbocycles. The van der Waals surface area contributed by atoms with Crippen LogP contribution in [0.4, 0.5) is 5.82 Å². The minimum absolute atomic E-state index is 0.168. The lowest BCUT2D eigenvalue weighted by Gasteiger charge is -2.23. The summed E-state index contributed by atoms with van der Waals surface area (Å²) in [7, 11) is 0. The summed E-state index contributed by atoms with van der Waals surface area (Å²) < 4.78 is 21.9. The van der Waals surface area contributed by atoms with Crippen molar-refractivity contribution < 1.29 is 28.3 Å². The predicted molar refractivity (Wildman–Crippen MR) is 102 cm³/mol. The maximum Gasteiger partial charge on any atom is 0.235 e. The normalized spacial score (nSPS) is 30.2. The number of benzene rings is 1. The molecule has 2 saturated heterocycles. The number of aromatic nitrogens is 1. The summed E-state index contributed by atoms with van der Waals surface area (Å²) in [5.41, 5.74) is 0.0920. The number of carbonyl (C=O) groups is 2. The van der Waals surface area contributed by atoms with Crippen LogP contribution in [0.25, 0.3) is 0 Å². The number of ether oxygens (including phenoxy) is 3. The largest absolute Gasteiger partial charge is 0.454 e. The van der Waals surface area contributed by atoms with Crippen molar-refractivity contribution in [2.75, 3.05) is 18.2 Å². The highest BCUT2D eigenvalue weighted by atomic mass is 16.7. The lowest BCUT2D eigenvalue weighted by atomic mass is 9.77. The van der Waals surface area contributed by atoms with E-state index in [1.165, 1.54) is 0 Å². The van der Waals surface area contributed by atoms with Gasteiger partial charge in [-0.3, -0.25) is 14.5 Å². The van der Waals surface area contributed by atoms with E-state index < -0.39 is 23.5 Å². The van der Waals surface area contributed by atoms with Crippen LogP contribution in [0.2, 0.25) is 0 Å². The molecule has 2 unspecified atom stereocenters. The molecule has 1 aromatic heterocycles. The van der Waals surface area contributed by atoms with E-state index in [-0.39, 0.29) is 18.6 Å². The van der Waals surface area contributed by atoms with Gasteiger partial charge in [-0.15, -0.1) is 0 Å². The number of nitrogens with zero attached hydrogens (tertiary/aromatic N) is 2. The van der Waals surface area contributed by atoms with E-state index in [4.69, 9.17) is 18.7 Å². The van der Waals surface area contributed by atoms with Crippen molar-refractivity contribution in [1.29, 1.82) is 0 Å². The molecule has 2 bridgehead atoms.